The minimum atomic E-state index is 0.0618. The van der Waals surface area contributed by atoms with Gasteiger partial charge in [0.05, 0.1) is 6.10 Å². The fraction of sp³-hybridized carbons (Fsp3) is 0.846. The molecule has 3 atom stereocenters. The molecule has 2 bridgehead atoms. The zero-order chi connectivity index (χ0) is 10.7. The van der Waals surface area contributed by atoms with Crippen LogP contribution in [0.25, 0.3) is 0 Å². The average molecular weight is 209 g/mol. The first-order chi connectivity index (χ1) is 7.28. The molecule has 0 heterocycles. The molecule has 0 amide bonds. The van der Waals surface area contributed by atoms with E-state index in [1.54, 1.807) is 0 Å². The van der Waals surface area contributed by atoms with Gasteiger partial charge in [-0.25, -0.2) is 5.90 Å². The van der Waals surface area contributed by atoms with Gasteiger partial charge in [-0.2, -0.15) is 0 Å². The van der Waals surface area contributed by atoms with Crippen LogP contribution < -0.4 is 5.90 Å². The normalized spacial score (nSPS) is 38.1. The molecular weight excluding hydrogens is 186 g/mol. The second kappa shape index (κ2) is 5.13. The van der Waals surface area contributed by atoms with Crippen molar-refractivity contribution in [3.63, 3.8) is 0 Å². The third-order valence-corrected chi connectivity index (χ3v) is 4.03. The third-order valence-electron chi connectivity index (χ3n) is 4.03. The standard InChI is InChI=1S/C13H23NO/c1-10(15-14)5-6-13-8-11-3-2-4-12(7-11)9-13/h5-6,10-13H,2-4,7-9,14H2,1H3/b6-5+. The van der Waals surface area contributed by atoms with Crippen LogP contribution in [-0.4, -0.2) is 6.10 Å². The van der Waals surface area contributed by atoms with Crippen LogP contribution in [-0.2, 0) is 4.84 Å². The van der Waals surface area contributed by atoms with Crippen molar-refractivity contribution >= 4 is 0 Å². The van der Waals surface area contributed by atoms with Crippen molar-refractivity contribution in [1.29, 1.82) is 0 Å². The maximum Gasteiger partial charge on any atom is 0.0940 e. The first-order valence-corrected chi connectivity index (χ1v) is 6.31. The number of hydrogen-bond acceptors (Lipinski definition) is 2. The van der Waals surface area contributed by atoms with E-state index in [0.717, 1.165) is 17.8 Å². The van der Waals surface area contributed by atoms with Gasteiger partial charge in [0, 0.05) is 0 Å². The summed E-state index contributed by atoms with van der Waals surface area (Å²) in [6.07, 6.45) is 13.2. The highest BCUT2D eigenvalue weighted by atomic mass is 16.6. The Bertz CT molecular complexity index is 215. The molecule has 0 radical (unpaired) electrons. The molecule has 2 saturated carbocycles. The SMILES string of the molecule is CC(/C=C/C1CC2CCCC(C1)C2)ON. The van der Waals surface area contributed by atoms with Crippen molar-refractivity contribution < 1.29 is 4.84 Å². The van der Waals surface area contributed by atoms with E-state index in [4.69, 9.17) is 10.7 Å². The summed E-state index contributed by atoms with van der Waals surface area (Å²) in [6.45, 7) is 1.99. The molecule has 2 aliphatic carbocycles. The average Bonchev–Trinajstić information content (AvgIpc) is 2.25. The van der Waals surface area contributed by atoms with Gasteiger partial charge in [-0.15, -0.1) is 0 Å². The lowest BCUT2D eigenvalue weighted by Crippen LogP contribution is -2.26. The quantitative estimate of drug-likeness (QED) is 0.573. The lowest BCUT2D eigenvalue weighted by molar-refractivity contribution is 0.0981. The molecule has 0 aromatic heterocycles. The first-order valence-electron chi connectivity index (χ1n) is 6.31. The monoisotopic (exact) mass is 209 g/mol. The number of hydrogen-bond donors (Lipinski definition) is 1. The van der Waals surface area contributed by atoms with Gasteiger partial charge in [-0.05, 0) is 43.9 Å². The van der Waals surface area contributed by atoms with Gasteiger partial charge in [0.1, 0.15) is 0 Å². The van der Waals surface area contributed by atoms with Crippen LogP contribution in [0, 0.1) is 17.8 Å². The molecule has 2 nitrogen and oxygen atoms in total. The van der Waals surface area contributed by atoms with Gasteiger partial charge in [0.2, 0.25) is 0 Å². The summed E-state index contributed by atoms with van der Waals surface area (Å²) < 4.78 is 0. The van der Waals surface area contributed by atoms with E-state index in [1.165, 1.54) is 38.5 Å². The molecule has 86 valence electrons. The molecule has 0 aromatic carbocycles. The second-order valence-corrected chi connectivity index (χ2v) is 5.36. The second-order valence-electron chi connectivity index (χ2n) is 5.36. The Balaban J connectivity index is 1.86. The van der Waals surface area contributed by atoms with Crippen LogP contribution in [0.1, 0.15) is 45.4 Å². The van der Waals surface area contributed by atoms with Crippen LogP contribution in [0.5, 0.6) is 0 Å². The number of nitrogens with two attached hydrogens (primary N) is 1. The van der Waals surface area contributed by atoms with Gasteiger partial charge in [-0.3, -0.25) is 4.84 Å². The molecule has 0 aliphatic heterocycles. The fourth-order valence-electron chi connectivity index (χ4n) is 3.30. The van der Waals surface area contributed by atoms with Crippen LogP contribution in [0.3, 0.4) is 0 Å². The van der Waals surface area contributed by atoms with Crippen LogP contribution >= 0.6 is 0 Å². The summed E-state index contributed by atoms with van der Waals surface area (Å²) in [5, 5.41) is 0. The summed E-state index contributed by atoms with van der Waals surface area (Å²) >= 11 is 0. The fourth-order valence-corrected chi connectivity index (χ4v) is 3.30. The summed E-state index contributed by atoms with van der Waals surface area (Å²) in [6, 6.07) is 0. The van der Waals surface area contributed by atoms with Crippen LogP contribution in [0.15, 0.2) is 12.2 Å². The Kier molecular flexibility index (Phi) is 3.81. The molecule has 2 rings (SSSR count). The molecule has 0 spiro atoms. The van der Waals surface area contributed by atoms with Gasteiger partial charge in [-0.1, -0.05) is 31.4 Å². The first kappa shape index (κ1) is 11.2. The Hall–Kier alpha value is -0.340. The maximum absolute atomic E-state index is 5.13. The van der Waals surface area contributed by atoms with E-state index in [1.807, 2.05) is 6.92 Å². The molecule has 2 N–H and O–H groups in total. The van der Waals surface area contributed by atoms with E-state index in [0.29, 0.717) is 0 Å². The topological polar surface area (TPSA) is 35.2 Å². The molecule has 0 saturated heterocycles. The molecule has 15 heavy (non-hydrogen) atoms. The Morgan fingerprint density at radius 1 is 1.20 bits per heavy atom. The number of fused-ring (bicyclic) bond motifs is 2. The van der Waals surface area contributed by atoms with Crippen molar-refractivity contribution in [3.8, 4) is 0 Å². The molecule has 2 fully saturated rings. The van der Waals surface area contributed by atoms with Gasteiger partial charge >= 0.3 is 0 Å². The van der Waals surface area contributed by atoms with Crippen molar-refractivity contribution in [1.82, 2.24) is 0 Å². The van der Waals surface area contributed by atoms with E-state index in [-0.39, 0.29) is 6.10 Å². The molecule has 2 aliphatic rings. The third kappa shape index (κ3) is 3.05. The Morgan fingerprint density at radius 2 is 1.87 bits per heavy atom. The van der Waals surface area contributed by atoms with Crippen molar-refractivity contribution in [2.24, 2.45) is 23.7 Å². The minimum Gasteiger partial charge on any atom is -0.297 e. The predicted molar refractivity (Wildman–Crippen MR) is 62.0 cm³/mol. The van der Waals surface area contributed by atoms with E-state index < -0.39 is 0 Å². The zero-order valence-corrected chi connectivity index (χ0v) is 9.69. The van der Waals surface area contributed by atoms with Crippen molar-refractivity contribution in [3.05, 3.63) is 12.2 Å². The largest absolute Gasteiger partial charge is 0.297 e. The van der Waals surface area contributed by atoms with Crippen molar-refractivity contribution in [2.75, 3.05) is 0 Å². The van der Waals surface area contributed by atoms with Gasteiger partial charge in [0.15, 0.2) is 0 Å². The van der Waals surface area contributed by atoms with Gasteiger partial charge < -0.3 is 0 Å². The highest BCUT2D eigenvalue weighted by Gasteiger charge is 2.30. The van der Waals surface area contributed by atoms with E-state index in [9.17, 15) is 0 Å². The Morgan fingerprint density at radius 3 is 2.47 bits per heavy atom. The smallest absolute Gasteiger partial charge is 0.0940 e. The lowest BCUT2D eigenvalue weighted by atomic mass is 9.68. The highest BCUT2D eigenvalue weighted by Crippen LogP contribution is 2.42. The van der Waals surface area contributed by atoms with Crippen LogP contribution in [0.2, 0.25) is 0 Å². The molecular formula is C13H23NO. The molecule has 3 unspecified atom stereocenters. The summed E-state index contributed by atoms with van der Waals surface area (Å²) in [5.41, 5.74) is 0. The van der Waals surface area contributed by atoms with Crippen LogP contribution in [0.4, 0.5) is 0 Å². The van der Waals surface area contributed by atoms with Gasteiger partial charge in [0.25, 0.3) is 0 Å². The predicted octanol–water partition coefficient (Wildman–Crippen LogP) is 3.04. The van der Waals surface area contributed by atoms with E-state index in [2.05, 4.69) is 12.2 Å². The Labute approximate surface area is 92.8 Å². The maximum atomic E-state index is 5.13. The van der Waals surface area contributed by atoms with Crippen molar-refractivity contribution in [2.45, 2.75) is 51.6 Å². The summed E-state index contributed by atoms with van der Waals surface area (Å²) in [4.78, 5) is 4.75. The molecule has 2 heteroatoms. The minimum absolute atomic E-state index is 0.0618. The number of rotatable bonds is 3. The lowest BCUT2D eigenvalue weighted by Gasteiger charge is -2.38. The summed E-state index contributed by atoms with van der Waals surface area (Å²) in [5.74, 6) is 7.91. The van der Waals surface area contributed by atoms with E-state index >= 15 is 0 Å². The highest BCUT2D eigenvalue weighted by molar-refractivity contribution is 4.97. The summed E-state index contributed by atoms with van der Waals surface area (Å²) in [7, 11) is 0. The number of allylic oxidation sites excluding steroid dienone is 1. The zero-order valence-electron chi connectivity index (χ0n) is 9.69. The molecule has 0 aromatic rings.